The molecule has 0 fully saturated rings. The Kier molecular flexibility index (Phi) is 2.47. The number of fused-ring (bicyclic) bond motifs is 2. The van der Waals surface area contributed by atoms with Crippen molar-refractivity contribution in [3.63, 3.8) is 0 Å². The summed E-state index contributed by atoms with van der Waals surface area (Å²) in [6, 6.07) is 0. The van der Waals surface area contributed by atoms with Gasteiger partial charge in [0.15, 0.2) is 20.6 Å². The van der Waals surface area contributed by atoms with Crippen LogP contribution in [0.2, 0.25) is 20.6 Å². The summed E-state index contributed by atoms with van der Waals surface area (Å²) < 4.78 is 1.72. The van der Waals surface area contributed by atoms with Gasteiger partial charge in [-0.05, 0) is 0 Å². The second-order valence-corrected chi connectivity index (χ2v) is 4.75. The molecule has 0 amide bonds. The number of nitrogens with zero attached hydrogens (tertiary/aromatic N) is 4. The maximum Gasteiger partial charge on any atom is 0.301 e. The Bertz CT molecular complexity index is 839. The first-order valence-electron chi connectivity index (χ1n) is 4.40. The minimum absolute atomic E-state index is 0.152. The van der Waals surface area contributed by atoms with Crippen molar-refractivity contribution in [2.24, 2.45) is 0 Å². The highest BCUT2D eigenvalue weighted by molar-refractivity contribution is 6.41. The second kappa shape index (κ2) is 3.71. The van der Waals surface area contributed by atoms with Gasteiger partial charge in [0.25, 0.3) is 0 Å². The molecule has 0 spiro atoms. The van der Waals surface area contributed by atoms with Crippen LogP contribution in [-0.4, -0.2) is 18.8 Å². The first-order chi connectivity index (χ1) is 8.43. The molecule has 6 nitrogen and oxygen atoms in total. The van der Waals surface area contributed by atoms with E-state index in [9.17, 15) is 9.59 Å². The number of rotatable bonds is 0. The fourth-order valence-electron chi connectivity index (χ4n) is 1.61. The smallest absolute Gasteiger partial charge is 0.265 e. The maximum atomic E-state index is 12.1. The van der Waals surface area contributed by atoms with E-state index >= 15 is 0 Å². The van der Waals surface area contributed by atoms with E-state index < -0.39 is 11.1 Å². The standard InChI is InChI=1S/C8Cl4N4O2/c9-1-3(11)15-5(13-1)7(17)16-4(12)2(10)14-6(16)8(15)18. The lowest BCUT2D eigenvalue weighted by molar-refractivity contribution is 1.01. The summed E-state index contributed by atoms with van der Waals surface area (Å²) in [5.74, 6) is 0. The molecule has 3 aromatic heterocycles. The largest absolute Gasteiger partial charge is 0.301 e. The summed E-state index contributed by atoms with van der Waals surface area (Å²) >= 11 is 22.9. The lowest BCUT2D eigenvalue weighted by atomic mass is 10.6. The van der Waals surface area contributed by atoms with Crippen LogP contribution in [0.25, 0.3) is 11.3 Å². The van der Waals surface area contributed by atoms with Crippen LogP contribution in [0.4, 0.5) is 0 Å². The van der Waals surface area contributed by atoms with Crippen molar-refractivity contribution in [1.82, 2.24) is 18.8 Å². The molecule has 0 N–H and O–H groups in total. The van der Waals surface area contributed by atoms with Gasteiger partial charge in [-0.3, -0.25) is 9.59 Å². The average Bonchev–Trinajstić information content (AvgIpc) is 2.78. The number of aromatic nitrogens is 4. The zero-order valence-corrected chi connectivity index (χ0v) is 11.1. The highest BCUT2D eigenvalue weighted by Gasteiger charge is 2.21. The van der Waals surface area contributed by atoms with Gasteiger partial charge in [0.1, 0.15) is 0 Å². The maximum absolute atomic E-state index is 12.1. The third-order valence-corrected chi connectivity index (χ3v) is 3.77. The summed E-state index contributed by atoms with van der Waals surface area (Å²) in [4.78, 5) is 31.6. The molecular formula is C8Cl4N4O2. The van der Waals surface area contributed by atoms with Gasteiger partial charge >= 0.3 is 11.1 Å². The summed E-state index contributed by atoms with van der Waals surface area (Å²) in [6.07, 6.45) is 0. The van der Waals surface area contributed by atoms with E-state index in [1.807, 2.05) is 0 Å². The second-order valence-electron chi connectivity index (χ2n) is 3.32. The summed E-state index contributed by atoms with van der Waals surface area (Å²) in [5.41, 5.74) is -1.83. The van der Waals surface area contributed by atoms with Crippen LogP contribution < -0.4 is 11.1 Å². The zero-order chi connectivity index (χ0) is 13.2. The van der Waals surface area contributed by atoms with E-state index in [0.29, 0.717) is 0 Å². The van der Waals surface area contributed by atoms with Gasteiger partial charge in [0.2, 0.25) is 11.3 Å². The van der Waals surface area contributed by atoms with Crippen molar-refractivity contribution in [2.75, 3.05) is 0 Å². The molecule has 3 heterocycles. The third-order valence-electron chi connectivity index (χ3n) is 2.35. The average molecular weight is 326 g/mol. The van der Waals surface area contributed by atoms with Crippen LogP contribution in [0.5, 0.6) is 0 Å². The van der Waals surface area contributed by atoms with Crippen molar-refractivity contribution < 1.29 is 0 Å². The molecule has 0 aromatic carbocycles. The Labute approximate surface area is 118 Å². The van der Waals surface area contributed by atoms with Crippen molar-refractivity contribution in [1.29, 1.82) is 0 Å². The summed E-state index contributed by atoms with van der Waals surface area (Å²) in [6.45, 7) is 0. The topological polar surface area (TPSA) is 68.7 Å². The van der Waals surface area contributed by atoms with E-state index in [1.54, 1.807) is 0 Å². The number of hydrogen-bond donors (Lipinski definition) is 0. The Morgan fingerprint density at radius 1 is 0.722 bits per heavy atom. The minimum atomic E-state index is -0.678. The highest BCUT2D eigenvalue weighted by atomic mass is 35.5. The SMILES string of the molecule is O=c1c2nc(Cl)c(Cl)n2c(=O)c2nc(Cl)c(Cl)n12. The van der Waals surface area contributed by atoms with Crippen LogP contribution in [0, 0.1) is 0 Å². The minimum Gasteiger partial charge on any atom is -0.265 e. The molecule has 0 atom stereocenters. The van der Waals surface area contributed by atoms with Crippen LogP contribution in [0.3, 0.4) is 0 Å². The van der Waals surface area contributed by atoms with E-state index in [0.717, 1.165) is 8.80 Å². The molecule has 3 aromatic rings. The molecular weight excluding hydrogens is 326 g/mol. The molecule has 18 heavy (non-hydrogen) atoms. The quantitative estimate of drug-likeness (QED) is 0.631. The molecule has 0 saturated carbocycles. The molecule has 92 valence electrons. The molecule has 0 aliphatic rings. The van der Waals surface area contributed by atoms with Crippen molar-refractivity contribution in [3.05, 3.63) is 41.3 Å². The van der Waals surface area contributed by atoms with E-state index in [4.69, 9.17) is 46.4 Å². The van der Waals surface area contributed by atoms with E-state index in [-0.39, 0.29) is 31.9 Å². The predicted molar refractivity (Wildman–Crippen MR) is 67.7 cm³/mol. The number of hydrogen-bond acceptors (Lipinski definition) is 4. The third kappa shape index (κ3) is 1.31. The highest BCUT2D eigenvalue weighted by Crippen LogP contribution is 2.23. The van der Waals surface area contributed by atoms with Crippen LogP contribution in [0.1, 0.15) is 0 Å². The summed E-state index contributed by atoms with van der Waals surface area (Å²) in [7, 11) is 0. The fraction of sp³-hybridized carbons (Fsp3) is 0. The summed E-state index contributed by atoms with van der Waals surface area (Å²) in [5, 5.41) is -0.624. The van der Waals surface area contributed by atoms with Crippen molar-refractivity contribution in [3.8, 4) is 0 Å². The lowest BCUT2D eigenvalue weighted by Crippen LogP contribution is -2.26. The number of imidazole rings is 2. The lowest BCUT2D eigenvalue weighted by Gasteiger charge is -1.95. The monoisotopic (exact) mass is 324 g/mol. The van der Waals surface area contributed by atoms with E-state index in [1.165, 1.54) is 0 Å². The Hall–Kier alpha value is -1.08. The van der Waals surface area contributed by atoms with Gasteiger partial charge in [-0.2, -0.15) is 0 Å². The predicted octanol–water partition coefficient (Wildman–Crippen LogP) is 1.75. The van der Waals surface area contributed by atoms with Crippen LogP contribution in [-0.2, 0) is 0 Å². The van der Waals surface area contributed by atoms with Gasteiger partial charge in [-0.1, -0.05) is 46.4 Å². The van der Waals surface area contributed by atoms with E-state index in [2.05, 4.69) is 9.97 Å². The molecule has 0 unspecified atom stereocenters. The molecule has 0 bridgehead atoms. The Morgan fingerprint density at radius 3 is 1.39 bits per heavy atom. The first-order valence-corrected chi connectivity index (χ1v) is 5.91. The van der Waals surface area contributed by atoms with Crippen LogP contribution in [0.15, 0.2) is 9.59 Å². The molecule has 0 saturated heterocycles. The molecule has 10 heteroatoms. The van der Waals surface area contributed by atoms with Crippen LogP contribution >= 0.6 is 46.4 Å². The Balaban J connectivity index is 2.79. The molecule has 0 aliphatic carbocycles. The fourth-order valence-corrected chi connectivity index (χ4v) is 2.33. The normalized spacial score (nSPS) is 11.8. The van der Waals surface area contributed by atoms with Crippen molar-refractivity contribution >= 4 is 57.7 Å². The number of halogens is 4. The van der Waals surface area contributed by atoms with Gasteiger partial charge in [-0.15, -0.1) is 0 Å². The van der Waals surface area contributed by atoms with Gasteiger partial charge < -0.3 is 0 Å². The first kappa shape index (κ1) is 12.0. The zero-order valence-electron chi connectivity index (χ0n) is 8.12. The Morgan fingerprint density at radius 2 is 1.06 bits per heavy atom. The van der Waals surface area contributed by atoms with Gasteiger partial charge in [0.05, 0.1) is 0 Å². The molecule has 0 radical (unpaired) electrons. The van der Waals surface area contributed by atoms with Crippen molar-refractivity contribution in [2.45, 2.75) is 0 Å². The van der Waals surface area contributed by atoms with Gasteiger partial charge in [-0.25, -0.2) is 18.8 Å². The molecule has 3 rings (SSSR count). The van der Waals surface area contributed by atoms with Gasteiger partial charge in [0, 0.05) is 0 Å². The molecule has 0 aliphatic heterocycles.